The zero-order valence-corrected chi connectivity index (χ0v) is 28.1. The Labute approximate surface area is 257 Å². The van der Waals surface area contributed by atoms with Crippen molar-refractivity contribution in [1.29, 1.82) is 0 Å². The average molecular weight is 614 g/mol. The lowest BCUT2D eigenvalue weighted by atomic mass is 9.70. The molecule has 1 aromatic heterocycles. The van der Waals surface area contributed by atoms with Crippen LogP contribution in [-0.4, -0.2) is 18.4 Å². The zero-order chi connectivity index (χ0) is 31.4. The Morgan fingerprint density at radius 1 is 0.977 bits per heavy atom. The van der Waals surface area contributed by atoms with Crippen LogP contribution in [0.15, 0.2) is 36.4 Å². The number of aromatic nitrogens is 1. The first-order valence-electron chi connectivity index (χ1n) is 16.2. The second-order valence-corrected chi connectivity index (χ2v) is 20.3. The fourth-order valence-corrected chi connectivity index (χ4v) is 8.51. The fraction of sp³-hybridized carbons (Fsp3) is 0.639. The van der Waals surface area contributed by atoms with E-state index in [0.717, 1.165) is 86.9 Å². The van der Waals surface area contributed by atoms with Gasteiger partial charge >= 0.3 is 6.18 Å². The summed E-state index contributed by atoms with van der Waals surface area (Å²) >= 11 is 0. The van der Waals surface area contributed by atoms with Crippen LogP contribution in [0.3, 0.4) is 0 Å². The van der Waals surface area contributed by atoms with Gasteiger partial charge in [-0.15, -0.1) is 0 Å². The van der Waals surface area contributed by atoms with Crippen molar-refractivity contribution in [1.82, 2.24) is 4.98 Å². The van der Waals surface area contributed by atoms with Gasteiger partial charge in [0.2, 0.25) is 0 Å². The molecule has 2 aromatic rings. The summed E-state index contributed by atoms with van der Waals surface area (Å²) in [5.41, 5.74) is 4.96. The number of halogens is 3. The van der Waals surface area contributed by atoms with Crippen molar-refractivity contribution in [3.05, 3.63) is 75.6 Å². The Kier molecular flexibility index (Phi) is 8.87. The lowest BCUT2D eigenvalue weighted by Gasteiger charge is -2.46. The molecule has 3 aliphatic carbocycles. The largest absolute Gasteiger partial charge is 0.416 e. The Balaban J connectivity index is 1.76. The van der Waals surface area contributed by atoms with Gasteiger partial charge in [0.15, 0.2) is 8.32 Å². The van der Waals surface area contributed by atoms with E-state index in [9.17, 15) is 18.3 Å². The minimum Gasteiger partial charge on any atom is -0.410 e. The first-order valence-corrected chi connectivity index (χ1v) is 19.2. The molecule has 0 bridgehead atoms. The topological polar surface area (TPSA) is 42.4 Å². The van der Waals surface area contributed by atoms with E-state index < -0.39 is 26.2 Å². The number of benzene rings is 1. The van der Waals surface area contributed by atoms with Crippen molar-refractivity contribution < 1.29 is 22.7 Å². The highest BCUT2D eigenvalue weighted by Gasteiger charge is 2.46. The number of rotatable bonds is 6. The molecule has 7 heteroatoms. The molecule has 1 saturated carbocycles. The summed E-state index contributed by atoms with van der Waals surface area (Å²) in [5, 5.41) is 12.2. The summed E-state index contributed by atoms with van der Waals surface area (Å²) in [6.07, 6.45) is 7.94. The van der Waals surface area contributed by atoms with Gasteiger partial charge in [0.1, 0.15) is 6.10 Å². The number of allylic oxidation sites excluding steroid dienone is 2. The van der Waals surface area contributed by atoms with Crippen molar-refractivity contribution in [3.63, 3.8) is 0 Å². The lowest BCUT2D eigenvalue weighted by Crippen LogP contribution is -2.44. The second kappa shape index (κ2) is 11.8. The summed E-state index contributed by atoms with van der Waals surface area (Å²) in [4.78, 5) is 5.45. The van der Waals surface area contributed by atoms with Crippen LogP contribution in [0.2, 0.25) is 18.1 Å². The summed E-state index contributed by atoms with van der Waals surface area (Å²) in [7, 11) is -2.17. The number of alkyl halides is 3. The van der Waals surface area contributed by atoms with Crippen LogP contribution >= 0.6 is 0 Å². The monoisotopic (exact) mass is 613 g/mol. The van der Waals surface area contributed by atoms with Gasteiger partial charge in [-0.1, -0.05) is 71.7 Å². The molecule has 1 aromatic carbocycles. The zero-order valence-electron chi connectivity index (χ0n) is 27.1. The third-order valence-electron chi connectivity index (χ3n) is 10.6. The summed E-state index contributed by atoms with van der Waals surface area (Å²) in [6, 6.07) is 5.06. The van der Waals surface area contributed by atoms with E-state index in [2.05, 4.69) is 59.9 Å². The van der Waals surface area contributed by atoms with Crippen LogP contribution in [0, 0.1) is 5.41 Å². The SMILES string of the molecule is CC1(C)Cc2nc(C3C=CCCC3)c(C(O)c3ccc(C(F)(F)F)cc3)c(C3CCCC3)c2C(O[Si](C)(C)C(C)(C)C)C1. The Morgan fingerprint density at radius 3 is 2.19 bits per heavy atom. The van der Waals surface area contributed by atoms with Gasteiger partial charge in [0, 0.05) is 22.7 Å². The van der Waals surface area contributed by atoms with E-state index in [1.165, 1.54) is 23.3 Å². The summed E-state index contributed by atoms with van der Waals surface area (Å²) in [5.74, 6) is 0.344. The Morgan fingerprint density at radius 2 is 1.63 bits per heavy atom. The fourth-order valence-electron chi connectivity index (χ4n) is 7.25. The number of hydrogen-bond acceptors (Lipinski definition) is 3. The third-order valence-corrected chi connectivity index (χ3v) is 15.1. The number of nitrogens with zero attached hydrogens (tertiary/aromatic N) is 1. The van der Waals surface area contributed by atoms with Gasteiger partial charge in [0.25, 0.3) is 0 Å². The van der Waals surface area contributed by atoms with Gasteiger partial charge in [-0.05, 0) is 97.7 Å². The predicted molar refractivity (Wildman–Crippen MR) is 170 cm³/mol. The van der Waals surface area contributed by atoms with E-state index in [4.69, 9.17) is 9.41 Å². The Hall–Kier alpha value is -1.96. The summed E-state index contributed by atoms with van der Waals surface area (Å²) < 4.78 is 47.6. The van der Waals surface area contributed by atoms with Crippen molar-refractivity contribution in [3.8, 4) is 0 Å². The van der Waals surface area contributed by atoms with Gasteiger partial charge in [-0.2, -0.15) is 13.2 Å². The molecular weight excluding hydrogens is 563 g/mol. The van der Waals surface area contributed by atoms with Crippen LogP contribution in [0.1, 0.15) is 149 Å². The quantitative estimate of drug-likeness (QED) is 0.260. The highest BCUT2D eigenvalue weighted by atomic mass is 28.4. The standard InChI is InChI=1S/C36H50F3NO2Si/c1-34(2,3)43(6,7)42-28-22-35(4,5)21-27-30(28)29(23-13-11-12-14-23)31(32(40-27)24-15-9-8-10-16-24)33(41)25-17-19-26(20-18-25)36(37,38)39/h9,15,17-20,23-24,28,33,41H,8,10-14,16,21-22H2,1-7H3. The molecule has 0 radical (unpaired) electrons. The van der Waals surface area contributed by atoms with E-state index >= 15 is 0 Å². The highest BCUT2D eigenvalue weighted by molar-refractivity contribution is 6.74. The molecule has 5 rings (SSSR count). The predicted octanol–water partition coefficient (Wildman–Crippen LogP) is 10.7. The minimum absolute atomic E-state index is 0.00715. The normalized spacial score (nSPS) is 23.8. The number of hydrogen-bond donors (Lipinski definition) is 1. The van der Waals surface area contributed by atoms with E-state index in [1.54, 1.807) is 0 Å². The van der Waals surface area contributed by atoms with Crippen molar-refractivity contribution in [2.45, 2.75) is 141 Å². The number of aliphatic hydroxyl groups is 1. The molecule has 1 heterocycles. The molecule has 3 atom stereocenters. The van der Waals surface area contributed by atoms with Gasteiger partial charge in [0.05, 0.1) is 17.4 Å². The maximum atomic E-state index is 13.4. The molecule has 3 aliphatic rings. The maximum absolute atomic E-state index is 13.4. The average Bonchev–Trinajstić information content (AvgIpc) is 3.45. The smallest absolute Gasteiger partial charge is 0.410 e. The van der Waals surface area contributed by atoms with Crippen LogP contribution in [-0.2, 0) is 17.0 Å². The maximum Gasteiger partial charge on any atom is 0.416 e. The molecule has 236 valence electrons. The first kappa shape index (κ1) is 32.4. The summed E-state index contributed by atoms with van der Waals surface area (Å²) in [6.45, 7) is 16.0. The molecule has 1 fully saturated rings. The van der Waals surface area contributed by atoms with E-state index in [0.29, 0.717) is 5.56 Å². The van der Waals surface area contributed by atoms with E-state index in [1.807, 2.05) is 0 Å². The van der Waals surface area contributed by atoms with Gasteiger partial charge in [-0.25, -0.2) is 0 Å². The van der Waals surface area contributed by atoms with Crippen molar-refractivity contribution >= 4 is 8.32 Å². The lowest BCUT2D eigenvalue weighted by molar-refractivity contribution is -0.137. The third kappa shape index (κ3) is 6.69. The minimum atomic E-state index is -4.43. The van der Waals surface area contributed by atoms with E-state index in [-0.39, 0.29) is 28.4 Å². The number of aliphatic hydroxyl groups excluding tert-OH is 1. The highest BCUT2D eigenvalue weighted by Crippen LogP contribution is 2.53. The molecule has 0 amide bonds. The molecule has 1 N–H and O–H groups in total. The van der Waals surface area contributed by atoms with Gasteiger partial charge < -0.3 is 9.53 Å². The molecule has 0 spiro atoms. The molecular formula is C36H50F3NO2Si. The van der Waals surface area contributed by atoms with Crippen LogP contribution in [0.25, 0.3) is 0 Å². The molecule has 0 aliphatic heterocycles. The van der Waals surface area contributed by atoms with Crippen LogP contribution in [0.4, 0.5) is 13.2 Å². The molecule has 3 nitrogen and oxygen atoms in total. The molecule has 43 heavy (non-hydrogen) atoms. The van der Waals surface area contributed by atoms with Crippen molar-refractivity contribution in [2.75, 3.05) is 0 Å². The second-order valence-electron chi connectivity index (χ2n) is 15.6. The van der Waals surface area contributed by atoms with Crippen molar-refractivity contribution in [2.24, 2.45) is 5.41 Å². The van der Waals surface area contributed by atoms with Crippen LogP contribution in [0.5, 0.6) is 0 Å². The van der Waals surface area contributed by atoms with Gasteiger partial charge in [-0.3, -0.25) is 4.98 Å². The van der Waals surface area contributed by atoms with Crippen LogP contribution < -0.4 is 0 Å². The Bertz CT molecular complexity index is 1330. The molecule has 3 unspecified atom stereocenters. The number of pyridine rings is 1. The number of fused-ring (bicyclic) bond motifs is 1. The first-order chi connectivity index (χ1) is 20.0. The molecule has 0 saturated heterocycles.